The van der Waals surface area contributed by atoms with E-state index < -0.39 is 6.10 Å². The van der Waals surface area contributed by atoms with E-state index in [1.54, 1.807) is 6.08 Å². The summed E-state index contributed by atoms with van der Waals surface area (Å²) in [7, 11) is 0. The summed E-state index contributed by atoms with van der Waals surface area (Å²) in [5, 5.41) is 9.43. The van der Waals surface area contributed by atoms with Gasteiger partial charge < -0.3 is 5.11 Å². The van der Waals surface area contributed by atoms with Crippen LogP contribution < -0.4 is 0 Å². The smallest absolute Gasteiger partial charge is 0.0971 e. The van der Waals surface area contributed by atoms with Gasteiger partial charge in [-0.05, 0) is 12.5 Å². The fourth-order valence-electron chi connectivity index (χ4n) is 0.944. The Kier molecular flexibility index (Phi) is 2.87. The van der Waals surface area contributed by atoms with Crippen molar-refractivity contribution in [3.63, 3.8) is 0 Å². The summed E-state index contributed by atoms with van der Waals surface area (Å²) in [6.45, 7) is 1.90. The zero-order chi connectivity index (χ0) is 8.10. The first-order chi connectivity index (χ1) is 5.34. The second kappa shape index (κ2) is 3.94. The molecule has 0 heterocycles. The SMILES string of the molecule is C/C=C\C(O)c1ccccc1. The zero-order valence-corrected chi connectivity index (χ0v) is 6.57. The molecule has 1 unspecified atom stereocenters. The lowest BCUT2D eigenvalue weighted by atomic mass is 10.1. The first kappa shape index (κ1) is 8.02. The van der Waals surface area contributed by atoms with E-state index in [0.29, 0.717) is 0 Å². The summed E-state index contributed by atoms with van der Waals surface area (Å²) < 4.78 is 0. The molecule has 58 valence electrons. The molecule has 1 aromatic rings. The summed E-state index contributed by atoms with van der Waals surface area (Å²) in [6.07, 6.45) is 3.15. The fourth-order valence-corrected chi connectivity index (χ4v) is 0.944. The summed E-state index contributed by atoms with van der Waals surface area (Å²) >= 11 is 0. The van der Waals surface area contributed by atoms with Gasteiger partial charge in [0, 0.05) is 0 Å². The number of aliphatic hydroxyl groups is 1. The molecule has 1 N–H and O–H groups in total. The summed E-state index contributed by atoms with van der Waals surface area (Å²) in [6, 6.07) is 9.59. The Bertz CT molecular complexity index is 226. The molecule has 0 aliphatic carbocycles. The van der Waals surface area contributed by atoms with E-state index in [9.17, 15) is 5.11 Å². The van der Waals surface area contributed by atoms with Gasteiger partial charge in [-0.25, -0.2) is 0 Å². The summed E-state index contributed by atoms with van der Waals surface area (Å²) in [5.41, 5.74) is 0.936. The van der Waals surface area contributed by atoms with Crippen LogP contribution in [0.3, 0.4) is 0 Å². The van der Waals surface area contributed by atoms with E-state index in [4.69, 9.17) is 0 Å². The molecule has 1 aromatic carbocycles. The minimum atomic E-state index is -0.457. The number of hydrogen-bond acceptors (Lipinski definition) is 1. The summed E-state index contributed by atoms with van der Waals surface area (Å²) in [4.78, 5) is 0. The van der Waals surface area contributed by atoms with Crippen LogP contribution in [0, 0.1) is 0 Å². The predicted octanol–water partition coefficient (Wildman–Crippen LogP) is 2.30. The van der Waals surface area contributed by atoms with Crippen LogP contribution >= 0.6 is 0 Å². The molecular weight excluding hydrogens is 136 g/mol. The highest BCUT2D eigenvalue weighted by molar-refractivity contribution is 5.20. The van der Waals surface area contributed by atoms with Gasteiger partial charge in [-0.1, -0.05) is 42.5 Å². The van der Waals surface area contributed by atoms with Crippen LogP contribution in [0.2, 0.25) is 0 Å². The largest absolute Gasteiger partial charge is 0.384 e. The number of aliphatic hydroxyl groups excluding tert-OH is 1. The highest BCUT2D eigenvalue weighted by Gasteiger charge is 1.99. The second-order valence-electron chi connectivity index (χ2n) is 2.38. The van der Waals surface area contributed by atoms with E-state index >= 15 is 0 Å². The third-order valence-corrected chi connectivity index (χ3v) is 1.52. The minimum Gasteiger partial charge on any atom is -0.384 e. The molecular formula is C10H12O. The molecule has 0 aliphatic heterocycles. The van der Waals surface area contributed by atoms with Crippen LogP contribution in [0.15, 0.2) is 42.5 Å². The van der Waals surface area contributed by atoms with Crippen molar-refractivity contribution in [2.75, 3.05) is 0 Å². The van der Waals surface area contributed by atoms with Crippen molar-refractivity contribution >= 4 is 0 Å². The van der Waals surface area contributed by atoms with Crippen molar-refractivity contribution < 1.29 is 5.11 Å². The molecule has 1 nitrogen and oxygen atoms in total. The van der Waals surface area contributed by atoms with Gasteiger partial charge in [0.15, 0.2) is 0 Å². The molecule has 0 fully saturated rings. The van der Waals surface area contributed by atoms with E-state index in [1.165, 1.54) is 0 Å². The van der Waals surface area contributed by atoms with Crippen molar-refractivity contribution in [3.05, 3.63) is 48.0 Å². The molecule has 1 rings (SSSR count). The number of benzene rings is 1. The van der Waals surface area contributed by atoms with Gasteiger partial charge in [0.1, 0.15) is 0 Å². The monoisotopic (exact) mass is 148 g/mol. The molecule has 0 aromatic heterocycles. The van der Waals surface area contributed by atoms with Crippen molar-refractivity contribution in [3.8, 4) is 0 Å². The number of hydrogen-bond donors (Lipinski definition) is 1. The minimum absolute atomic E-state index is 0.457. The Morgan fingerprint density at radius 1 is 1.27 bits per heavy atom. The molecule has 11 heavy (non-hydrogen) atoms. The van der Waals surface area contributed by atoms with E-state index in [0.717, 1.165) is 5.56 Å². The van der Waals surface area contributed by atoms with Gasteiger partial charge in [-0.3, -0.25) is 0 Å². The molecule has 0 saturated carbocycles. The third-order valence-electron chi connectivity index (χ3n) is 1.52. The van der Waals surface area contributed by atoms with Crippen molar-refractivity contribution in [1.82, 2.24) is 0 Å². The van der Waals surface area contributed by atoms with E-state index in [1.807, 2.05) is 43.3 Å². The molecule has 0 bridgehead atoms. The van der Waals surface area contributed by atoms with Crippen LogP contribution in [0.25, 0.3) is 0 Å². The number of allylic oxidation sites excluding steroid dienone is 1. The maximum atomic E-state index is 9.43. The maximum absolute atomic E-state index is 9.43. The van der Waals surface area contributed by atoms with Crippen molar-refractivity contribution in [1.29, 1.82) is 0 Å². The molecule has 0 spiro atoms. The quantitative estimate of drug-likeness (QED) is 0.638. The Balaban J connectivity index is 2.76. The molecule has 0 amide bonds. The van der Waals surface area contributed by atoms with Crippen LogP contribution in [0.5, 0.6) is 0 Å². The van der Waals surface area contributed by atoms with Gasteiger partial charge in [0.05, 0.1) is 6.10 Å². The van der Waals surface area contributed by atoms with Gasteiger partial charge in [0.2, 0.25) is 0 Å². The molecule has 0 aliphatic rings. The van der Waals surface area contributed by atoms with Crippen LogP contribution in [-0.4, -0.2) is 5.11 Å². The average molecular weight is 148 g/mol. The van der Waals surface area contributed by atoms with E-state index in [-0.39, 0.29) is 0 Å². The lowest BCUT2D eigenvalue weighted by molar-refractivity contribution is 0.228. The van der Waals surface area contributed by atoms with E-state index in [2.05, 4.69) is 0 Å². The highest BCUT2D eigenvalue weighted by Crippen LogP contribution is 2.12. The molecule has 0 saturated heterocycles. The summed E-state index contributed by atoms with van der Waals surface area (Å²) in [5.74, 6) is 0. The third kappa shape index (κ3) is 2.20. The second-order valence-corrected chi connectivity index (χ2v) is 2.38. The Morgan fingerprint density at radius 2 is 1.91 bits per heavy atom. The van der Waals surface area contributed by atoms with Gasteiger partial charge >= 0.3 is 0 Å². The Hall–Kier alpha value is -1.08. The van der Waals surface area contributed by atoms with Gasteiger partial charge in [0.25, 0.3) is 0 Å². The molecule has 1 heteroatoms. The Labute approximate surface area is 67.0 Å². The van der Waals surface area contributed by atoms with Crippen LogP contribution in [0.1, 0.15) is 18.6 Å². The highest BCUT2D eigenvalue weighted by atomic mass is 16.3. The lowest BCUT2D eigenvalue weighted by Gasteiger charge is -2.03. The normalized spacial score (nSPS) is 13.6. The lowest BCUT2D eigenvalue weighted by Crippen LogP contribution is -1.90. The van der Waals surface area contributed by atoms with Crippen molar-refractivity contribution in [2.24, 2.45) is 0 Å². The topological polar surface area (TPSA) is 20.2 Å². The van der Waals surface area contributed by atoms with Gasteiger partial charge in [-0.2, -0.15) is 0 Å². The maximum Gasteiger partial charge on any atom is 0.0971 e. The average Bonchev–Trinajstić information content (AvgIpc) is 2.07. The fraction of sp³-hybridized carbons (Fsp3) is 0.200. The Morgan fingerprint density at radius 3 is 2.45 bits per heavy atom. The zero-order valence-electron chi connectivity index (χ0n) is 6.57. The van der Waals surface area contributed by atoms with Crippen LogP contribution in [-0.2, 0) is 0 Å². The predicted molar refractivity (Wildman–Crippen MR) is 46.2 cm³/mol. The first-order valence-corrected chi connectivity index (χ1v) is 3.70. The molecule has 0 radical (unpaired) electrons. The number of rotatable bonds is 2. The van der Waals surface area contributed by atoms with Gasteiger partial charge in [-0.15, -0.1) is 0 Å². The standard InChI is InChI=1S/C10H12O/c1-2-6-10(11)9-7-4-3-5-8-9/h2-8,10-11H,1H3/b6-2-. The first-order valence-electron chi connectivity index (χ1n) is 3.70. The molecule has 1 atom stereocenters. The van der Waals surface area contributed by atoms with Crippen LogP contribution in [0.4, 0.5) is 0 Å². The van der Waals surface area contributed by atoms with Crippen molar-refractivity contribution in [2.45, 2.75) is 13.0 Å².